The highest BCUT2D eigenvalue weighted by Gasteiger charge is 2.13. The summed E-state index contributed by atoms with van der Waals surface area (Å²) in [5.74, 6) is -0.354. The van der Waals surface area contributed by atoms with Gasteiger partial charge in [-0.1, -0.05) is 20.3 Å². The lowest BCUT2D eigenvalue weighted by atomic mass is 9.96. The SMILES string of the molecule is CCC(CCNC(=O)C(C)CNC)CCC(=O)O. The third kappa shape index (κ3) is 8.06. The van der Waals surface area contributed by atoms with Crippen LogP contribution in [0.25, 0.3) is 0 Å². The third-order valence-electron chi connectivity index (χ3n) is 3.15. The highest BCUT2D eigenvalue weighted by atomic mass is 16.4. The largest absolute Gasteiger partial charge is 0.481 e. The van der Waals surface area contributed by atoms with Crippen molar-refractivity contribution in [3.05, 3.63) is 0 Å². The fraction of sp³-hybridized carbons (Fsp3) is 0.846. The zero-order valence-corrected chi connectivity index (χ0v) is 11.7. The van der Waals surface area contributed by atoms with Crippen LogP contribution in [0.5, 0.6) is 0 Å². The molecule has 0 aromatic carbocycles. The van der Waals surface area contributed by atoms with Crippen molar-refractivity contribution in [2.45, 2.75) is 39.5 Å². The van der Waals surface area contributed by atoms with Gasteiger partial charge in [0, 0.05) is 25.4 Å². The number of aliphatic carboxylic acids is 1. The first-order valence-corrected chi connectivity index (χ1v) is 6.65. The van der Waals surface area contributed by atoms with Gasteiger partial charge in [0.2, 0.25) is 5.91 Å². The molecule has 0 fully saturated rings. The van der Waals surface area contributed by atoms with Crippen molar-refractivity contribution >= 4 is 11.9 Å². The van der Waals surface area contributed by atoms with Gasteiger partial charge < -0.3 is 15.7 Å². The number of carbonyl (C=O) groups excluding carboxylic acids is 1. The lowest BCUT2D eigenvalue weighted by Gasteiger charge is -2.16. The molecule has 0 aromatic heterocycles. The monoisotopic (exact) mass is 258 g/mol. The Morgan fingerprint density at radius 2 is 1.94 bits per heavy atom. The summed E-state index contributed by atoms with van der Waals surface area (Å²) in [4.78, 5) is 22.1. The van der Waals surface area contributed by atoms with Crippen LogP contribution < -0.4 is 10.6 Å². The zero-order valence-electron chi connectivity index (χ0n) is 11.7. The van der Waals surface area contributed by atoms with Crippen LogP contribution in [0.3, 0.4) is 0 Å². The summed E-state index contributed by atoms with van der Waals surface area (Å²) in [6.45, 7) is 5.23. The second-order valence-electron chi connectivity index (χ2n) is 4.75. The van der Waals surface area contributed by atoms with Gasteiger partial charge in [-0.2, -0.15) is 0 Å². The molecule has 0 radical (unpaired) electrons. The van der Waals surface area contributed by atoms with Crippen LogP contribution in [0.1, 0.15) is 39.5 Å². The van der Waals surface area contributed by atoms with Crippen LogP contribution in [0.4, 0.5) is 0 Å². The molecule has 2 unspecified atom stereocenters. The minimum absolute atomic E-state index is 0.0332. The van der Waals surface area contributed by atoms with E-state index in [1.165, 1.54) is 0 Å². The van der Waals surface area contributed by atoms with Gasteiger partial charge in [-0.3, -0.25) is 9.59 Å². The molecule has 0 aromatic rings. The Balaban J connectivity index is 3.79. The Bertz CT molecular complexity index is 257. The summed E-state index contributed by atoms with van der Waals surface area (Å²) in [6.07, 6.45) is 2.70. The molecule has 0 rings (SSSR count). The van der Waals surface area contributed by atoms with Crippen molar-refractivity contribution < 1.29 is 14.7 Å². The Labute approximate surface area is 109 Å². The minimum atomic E-state index is -0.750. The molecule has 0 saturated heterocycles. The number of amides is 1. The van der Waals surface area contributed by atoms with E-state index in [9.17, 15) is 9.59 Å². The topological polar surface area (TPSA) is 78.4 Å². The standard InChI is InChI=1S/C13H26N2O3/c1-4-11(5-6-12(16)17)7-8-15-13(18)10(2)9-14-3/h10-11,14H,4-9H2,1-3H3,(H,15,18)(H,16,17). The van der Waals surface area contributed by atoms with E-state index in [-0.39, 0.29) is 18.2 Å². The molecule has 1 amide bonds. The van der Waals surface area contributed by atoms with Crippen LogP contribution in [0.2, 0.25) is 0 Å². The second-order valence-corrected chi connectivity index (χ2v) is 4.75. The smallest absolute Gasteiger partial charge is 0.303 e. The second kappa shape index (κ2) is 9.88. The van der Waals surface area contributed by atoms with Crippen LogP contribution >= 0.6 is 0 Å². The normalized spacial score (nSPS) is 13.9. The number of nitrogens with one attached hydrogen (secondary N) is 2. The molecule has 106 valence electrons. The molecule has 5 nitrogen and oxygen atoms in total. The number of hydrogen-bond donors (Lipinski definition) is 3. The van der Waals surface area contributed by atoms with Crippen molar-refractivity contribution in [3.63, 3.8) is 0 Å². The molecule has 0 heterocycles. The van der Waals surface area contributed by atoms with Crippen LogP contribution in [-0.4, -0.2) is 37.1 Å². The van der Waals surface area contributed by atoms with Gasteiger partial charge in [-0.05, 0) is 25.8 Å². The van der Waals surface area contributed by atoms with Crippen LogP contribution in [-0.2, 0) is 9.59 Å². The Hall–Kier alpha value is -1.10. The first-order chi connectivity index (χ1) is 8.51. The van der Waals surface area contributed by atoms with E-state index in [1.54, 1.807) is 0 Å². The molecule has 2 atom stereocenters. The van der Waals surface area contributed by atoms with E-state index in [4.69, 9.17) is 5.11 Å². The third-order valence-corrected chi connectivity index (χ3v) is 3.15. The summed E-state index contributed by atoms with van der Waals surface area (Å²) in [5, 5.41) is 14.5. The van der Waals surface area contributed by atoms with Crippen molar-refractivity contribution in [2.75, 3.05) is 20.1 Å². The Morgan fingerprint density at radius 3 is 2.44 bits per heavy atom. The molecular formula is C13H26N2O3. The molecule has 5 heteroatoms. The van der Waals surface area contributed by atoms with Gasteiger partial charge in [0.25, 0.3) is 0 Å². The summed E-state index contributed by atoms with van der Waals surface area (Å²) in [5.41, 5.74) is 0. The van der Waals surface area contributed by atoms with Crippen molar-refractivity contribution in [2.24, 2.45) is 11.8 Å². The quantitative estimate of drug-likeness (QED) is 0.551. The Morgan fingerprint density at radius 1 is 1.28 bits per heavy atom. The predicted molar refractivity (Wildman–Crippen MR) is 71.4 cm³/mol. The summed E-state index contributed by atoms with van der Waals surface area (Å²) in [6, 6.07) is 0. The molecule has 0 bridgehead atoms. The number of rotatable bonds is 10. The van der Waals surface area contributed by atoms with E-state index in [1.807, 2.05) is 14.0 Å². The van der Waals surface area contributed by atoms with Crippen LogP contribution in [0, 0.1) is 11.8 Å². The van der Waals surface area contributed by atoms with Gasteiger partial charge in [0.15, 0.2) is 0 Å². The van der Waals surface area contributed by atoms with Gasteiger partial charge in [0.1, 0.15) is 0 Å². The highest BCUT2D eigenvalue weighted by molar-refractivity contribution is 5.78. The number of carbonyl (C=O) groups is 2. The molecule has 0 aliphatic rings. The van der Waals surface area contributed by atoms with E-state index in [2.05, 4.69) is 17.6 Å². The summed E-state index contributed by atoms with van der Waals surface area (Å²) >= 11 is 0. The molecule has 18 heavy (non-hydrogen) atoms. The lowest BCUT2D eigenvalue weighted by Crippen LogP contribution is -2.35. The minimum Gasteiger partial charge on any atom is -0.481 e. The van der Waals surface area contributed by atoms with Crippen molar-refractivity contribution in [1.29, 1.82) is 0 Å². The average Bonchev–Trinajstić information content (AvgIpc) is 2.33. The van der Waals surface area contributed by atoms with Gasteiger partial charge in [-0.15, -0.1) is 0 Å². The molecule has 3 N–H and O–H groups in total. The maximum atomic E-state index is 11.6. The fourth-order valence-corrected chi connectivity index (χ4v) is 1.85. The van der Waals surface area contributed by atoms with E-state index in [0.29, 0.717) is 25.4 Å². The zero-order chi connectivity index (χ0) is 14.0. The highest BCUT2D eigenvalue weighted by Crippen LogP contribution is 2.14. The van der Waals surface area contributed by atoms with E-state index in [0.717, 1.165) is 12.8 Å². The van der Waals surface area contributed by atoms with Gasteiger partial charge in [0.05, 0.1) is 0 Å². The average molecular weight is 258 g/mol. The molecule has 0 spiro atoms. The Kier molecular flexibility index (Phi) is 9.28. The first kappa shape index (κ1) is 16.9. The molecular weight excluding hydrogens is 232 g/mol. The maximum absolute atomic E-state index is 11.6. The first-order valence-electron chi connectivity index (χ1n) is 6.65. The lowest BCUT2D eigenvalue weighted by molar-refractivity contribution is -0.137. The number of hydrogen-bond acceptors (Lipinski definition) is 3. The van der Waals surface area contributed by atoms with Crippen molar-refractivity contribution in [1.82, 2.24) is 10.6 Å². The molecule has 0 saturated carbocycles. The van der Waals surface area contributed by atoms with Gasteiger partial charge in [-0.25, -0.2) is 0 Å². The van der Waals surface area contributed by atoms with Crippen LogP contribution in [0.15, 0.2) is 0 Å². The fourth-order valence-electron chi connectivity index (χ4n) is 1.85. The molecule has 0 aliphatic carbocycles. The number of carboxylic acids is 1. The summed E-state index contributed by atoms with van der Waals surface area (Å²) in [7, 11) is 1.82. The van der Waals surface area contributed by atoms with Crippen molar-refractivity contribution in [3.8, 4) is 0 Å². The van der Waals surface area contributed by atoms with Gasteiger partial charge >= 0.3 is 5.97 Å². The number of carboxylic acid groups (broad SMARTS) is 1. The molecule has 0 aliphatic heterocycles. The maximum Gasteiger partial charge on any atom is 0.303 e. The summed E-state index contributed by atoms with van der Waals surface area (Å²) < 4.78 is 0. The van der Waals surface area contributed by atoms with E-state index < -0.39 is 5.97 Å². The predicted octanol–water partition coefficient (Wildman–Crippen LogP) is 1.24. The van der Waals surface area contributed by atoms with E-state index >= 15 is 0 Å².